The molecule has 5 heteroatoms. The van der Waals surface area contributed by atoms with Crippen LogP contribution in [0.4, 0.5) is 0 Å². The maximum atomic E-state index is 12.9. The average molecular weight is 351 g/mol. The van der Waals surface area contributed by atoms with Gasteiger partial charge in [-0.1, -0.05) is 30.3 Å². The molecule has 0 spiro atoms. The van der Waals surface area contributed by atoms with E-state index in [4.69, 9.17) is 5.73 Å². The monoisotopic (exact) mass is 351 g/mol. The predicted molar refractivity (Wildman–Crippen MR) is 102 cm³/mol. The molecular weight excluding hydrogens is 326 g/mol. The minimum atomic E-state index is -0.101. The van der Waals surface area contributed by atoms with Crippen LogP contribution in [0, 0.1) is 0 Å². The Labute approximate surface area is 154 Å². The van der Waals surface area contributed by atoms with Gasteiger partial charge in [-0.15, -0.1) is 0 Å². The molecule has 5 nitrogen and oxygen atoms in total. The van der Waals surface area contributed by atoms with E-state index in [2.05, 4.69) is 5.32 Å². The van der Waals surface area contributed by atoms with E-state index in [-0.39, 0.29) is 17.9 Å². The number of piperidine rings is 1. The number of carbonyl (C=O) groups is 2. The quantitative estimate of drug-likeness (QED) is 0.869. The average Bonchev–Trinajstić information content (AvgIpc) is 2.72. The lowest BCUT2D eigenvalue weighted by molar-refractivity contribution is 0.0602. The Hall–Kier alpha value is -2.66. The Morgan fingerprint density at radius 1 is 1.00 bits per heavy atom. The fourth-order valence-electron chi connectivity index (χ4n) is 3.33. The van der Waals surface area contributed by atoms with Crippen molar-refractivity contribution in [2.24, 2.45) is 5.73 Å². The van der Waals surface area contributed by atoms with Crippen LogP contribution in [0.5, 0.6) is 0 Å². The number of amides is 2. The van der Waals surface area contributed by atoms with Crippen LogP contribution in [-0.2, 0) is 6.54 Å². The molecule has 1 saturated heterocycles. The molecule has 1 aliphatic rings. The van der Waals surface area contributed by atoms with E-state index in [0.717, 1.165) is 31.4 Å². The van der Waals surface area contributed by atoms with Crippen molar-refractivity contribution in [3.05, 3.63) is 71.3 Å². The Morgan fingerprint density at radius 2 is 1.73 bits per heavy atom. The van der Waals surface area contributed by atoms with E-state index >= 15 is 0 Å². The Bertz CT molecular complexity index is 744. The molecule has 2 aromatic rings. The lowest BCUT2D eigenvalue weighted by atomic mass is 10.00. The summed E-state index contributed by atoms with van der Waals surface area (Å²) in [5, 5.41) is 2.97. The van der Waals surface area contributed by atoms with Gasteiger partial charge in [0.25, 0.3) is 11.8 Å². The highest BCUT2D eigenvalue weighted by molar-refractivity contribution is 5.95. The SMILES string of the molecule is NCc1ccc(C(=O)N2CCCCC2CNC(=O)c2ccccc2)cc1. The summed E-state index contributed by atoms with van der Waals surface area (Å²) in [5.41, 5.74) is 7.93. The molecule has 0 aliphatic carbocycles. The first-order chi connectivity index (χ1) is 12.7. The van der Waals surface area contributed by atoms with Crippen LogP contribution in [0.1, 0.15) is 45.5 Å². The molecule has 1 atom stereocenters. The van der Waals surface area contributed by atoms with Gasteiger partial charge in [-0.2, -0.15) is 0 Å². The molecule has 1 heterocycles. The number of likely N-dealkylation sites (tertiary alicyclic amines) is 1. The molecule has 2 amide bonds. The largest absolute Gasteiger partial charge is 0.350 e. The molecule has 3 rings (SSSR count). The third kappa shape index (κ3) is 4.29. The molecular formula is C21H25N3O2. The van der Waals surface area contributed by atoms with Gasteiger partial charge >= 0.3 is 0 Å². The van der Waals surface area contributed by atoms with E-state index < -0.39 is 0 Å². The van der Waals surface area contributed by atoms with Gasteiger partial charge in [0.2, 0.25) is 0 Å². The number of hydrogen-bond donors (Lipinski definition) is 2. The second-order valence-corrected chi connectivity index (χ2v) is 6.63. The number of carbonyl (C=O) groups excluding carboxylic acids is 2. The normalized spacial score (nSPS) is 17.0. The summed E-state index contributed by atoms with van der Waals surface area (Å²) in [6, 6.07) is 16.6. The zero-order valence-corrected chi connectivity index (χ0v) is 14.9. The van der Waals surface area contributed by atoms with E-state index in [1.54, 1.807) is 12.1 Å². The van der Waals surface area contributed by atoms with Gasteiger partial charge in [0.1, 0.15) is 0 Å². The Morgan fingerprint density at radius 3 is 2.42 bits per heavy atom. The molecule has 0 radical (unpaired) electrons. The smallest absolute Gasteiger partial charge is 0.254 e. The fourth-order valence-corrected chi connectivity index (χ4v) is 3.33. The number of rotatable bonds is 5. The highest BCUT2D eigenvalue weighted by Crippen LogP contribution is 2.20. The maximum absolute atomic E-state index is 12.9. The minimum Gasteiger partial charge on any atom is -0.350 e. The topological polar surface area (TPSA) is 75.4 Å². The van der Waals surface area contributed by atoms with Crippen molar-refractivity contribution in [2.45, 2.75) is 31.8 Å². The van der Waals surface area contributed by atoms with Crippen molar-refractivity contribution in [2.75, 3.05) is 13.1 Å². The van der Waals surface area contributed by atoms with Crippen LogP contribution in [0.25, 0.3) is 0 Å². The van der Waals surface area contributed by atoms with E-state index in [1.165, 1.54) is 0 Å². The van der Waals surface area contributed by atoms with Gasteiger partial charge in [0.05, 0.1) is 0 Å². The Kier molecular flexibility index (Phi) is 6.02. The summed E-state index contributed by atoms with van der Waals surface area (Å²) in [6.07, 6.45) is 2.97. The standard InChI is InChI=1S/C21H25N3O2/c22-14-16-9-11-18(12-10-16)21(26)24-13-5-4-8-19(24)15-23-20(25)17-6-2-1-3-7-17/h1-3,6-7,9-12,19H,4-5,8,13-15,22H2,(H,23,25). The second kappa shape index (κ2) is 8.63. The molecule has 136 valence electrons. The summed E-state index contributed by atoms with van der Waals surface area (Å²) >= 11 is 0. The first-order valence-corrected chi connectivity index (χ1v) is 9.12. The van der Waals surface area contributed by atoms with Crippen LogP contribution >= 0.6 is 0 Å². The van der Waals surface area contributed by atoms with Gasteiger partial charge in [-0.05, 0) is 49.1 Å². The molecule has 2 aromatic carbocycles. The van der Waals surface area contributed by atoms with Gasteiger partial charge in [-0.3, -0.25) is 9.59 Å². The van der Waals surface area contributed by atoms with E-state index in [0.29, 0.717) is 24.2 Å². The van der Waals surface area contributed by atoms with Gasteiger partial charge < -0.3 is 16.0 Å². The third-order valence-electron chi connectivity index (χ3n) is 4.86. The van der Waals surface area contributed by atoms with Gasteiger partial charge in [0, 0.05) is 36.8 Å². The van der Waals surface area contributed by atoms with Crippen molar-refractivity contribution >= 4 is 11.8 Å². The van der Waals surface area contributed by atoms with E-state index in [9.17, 15) is 9.59 Å². The number of hydrogen-bond acceptors (Lipinski definition) is 3. The van der Waals surface area contributed by atoms with Crippen molar-refractivity contribution in [1.29, 1.82) is 0 Å². The molecule has 0 aromatic heterocycles. The lowest BCUT2D eigenvalue weighted by Crippen LogP contribution is -2.49. The fraction of sp³-hybridized carbons (Fsp3) is 0.333. The van der Waals surface area contributed by atoms with Gasteiger partial charge in [0.15, 0.2) is 0 Å². The Balaban J connectivity index is 1.65. The van der Waals surface area contributed by atoms with Crippen LogP contribution in [-0.4, -0.2) is 35.8 Å². The summed E-state index contributed by atoms with van der Waals surface area (Å²) in [6.45, 7) is 1.66. The molecule has 1 fully saturated rings. The highest BCUT2D eigenvalue weighted by Gasteiger charge is 2.27. The van der Waals surface area contributed by atoms with Crippen molar-refractivity contribution in [3.8, 4) is 0 Å². The summed E-state index contributed by atoms with van der Waals surface area (Å²) in [4.78, 5) is 27.1. The van der Waals surface area contributed by atoms with Crippen LogP contribution in [0.15, 0.2) is 54.6 Å². The summed E-state index contributed by atoms with van der Waals surface area (Å²) in [7, 11) is 0. The lowest BCUT2D eigenvalue weighted by Gasteiger charge is -2.36. The second-order valence-electron chi connectivity index (χ2n) is 6.63. The summed E-state index contributed by atoms with van der Waals surface area (Å²) in [5.74, 6) is -0.0805. The van der Waals surface area contributed by atoms with Crippen molar-refractivity contribution in [3.63, 3.8) is 0 Å². The van der Waals surface area contributed by atoms with Crippen LogP contribution < -0.4 is 11.1 Å². The van der Waals surface area contributed by atoms with E-state index in [1.807, 2.05) is 47.4 Å². The summed E-state index contributed by atoms with van der Waals surface area (Å²) < 4.78 is 0. The zero-order chi connectivity index (χ0) is 18.4. The molecule has 26 heavy (non-hydrogen) atoms. The molecule has 0 bridgehead atoms. The zero-order valence-electron chi connectivity index (χ0n) is 14.9. The molecule has 1 unspecified atom stereocenters. The molecule has 3 N–H and O–H groups in total. The number of nitrogens with zero attached hydrogens (tertiary/aromatic N) is 1. The number of benzene rings is 2. The predicted octanol–water partition coefficient (Wildman–Crippen LogP) is 2.57. The minimum absolute atomic E-state index is 0.0206. The van der Waals surface area contributed by atoms with Crippen molar-refractivity contribution in [1.82, 2.24) is 10.2 Å². The van der Waals surface area contributed by atoms with Crippen LogP contribution in [0.2, 0.25) is 0 Å². The molecule has 0 saturated carbocycles. The van der Waals surface area contributed by atoms with Gasteiger partial charge in [-0.25, -0.2) is 0 Å². The first-order valence-electron chi connectivity index (χ1n) is 9.12. The van der Waals surface area contributed by atoms with Crippen LogP contribution in [0.3, 0.4) is 0 Å². The number of nitrogens with two attached hydrogens (primary N) is 1. The third-order valence-corrected chi connectivity index (χ3v) is 4.86. The number of nitrogens with one attached hydrogen (secondary N) is 1. The highest BCUT2D eigenvalue weighted by atomic mass is 16.2. The maximum Gasteiger partial charge on any atom is 0.254 e. The molecule has 1 aliphatic heterocycles. The van der Waals surface area contributed by atoms with Crippen molar-refractivity contribution < 1.29 is 9.59 Å². The first kappa shape index (κ1) is 18.1.